The maximum atomic E-state index is 13.9. The van der Waals surface area contributed by atoms with Crippen LogP contribution in [0.15, 0.2) is 42.9 Å². The van der Waals surface area contributed by atoms with Crippen molar-refractivity contribution in [3.05, 3.63) is 59.4 Å². The van der Waals surface area contributed by atoms with Gasteiger partial charge in [-0.15, -0.1) is 11.3 Å². The molecule has 0 spiro atoms. The number of ether oxygens (including phenoxy) is 2. The summed E-state index contributed by atoms with van der Waals surface area (Å²) in [6.07, 6.45) is 6.34. The van der Waals surface area contributed by atoms with E-state index in [4.69, 9.17) is 9.47 Å². The number of rotatable bonds is 12. The first-order valence-electron chi connectivity index (χ1n) is 16.4. The predicted molar refractivity (Wildman–Crippen MR) is 187 cm³/mol. The van der Waals surface area contributed by atoms with Gasteiger partial charge in [0, 0.05) is 41.2 Å². The second kappa shape index (κ2) is 14.7. The van der Waals surface area contributed by atoms with Gasteiger partial charge in [0.2, 0.25) is 5.91 Å². The zero-order valence-electron chi connectivity index (χ0n) is 28.8. The lowest BCUT2D eigenvalue weighted by molar-refractivity contribution is -0.115. The predicted octanol–water partition coefficient (Wildman–Crippen LogP) is 8.24. The number of likely N-dealkylation sites (tertiary alicyclic amines) is 1. The Labute approximate surface area is 285 Å². The molecule has 3 heterocycles. The molecule has 0 aliphatic carbocycles. The number of thiazole rings is 1. The summed E-state index contributed by atoms with van der Waals surface area (Å²) in [4.78, 5) is 29.0. The molecule has 0 radical (unpaired) electrons. The molecule has 1 aliphatic heterocycles. The second-order valence-electron chi connectivity index (χ2n) is 14.5. The van der Waals surface area contributed by atoms with E-state index in [1.165, 1.54) is 30.5 Å². The number of hydrogen-bond donors (Lipinski definition) is 2. The van der Waals surface area contributed by atoms with Crippen molar-refractivity contribution < 1.29 is 23.0 Å². The van der Waals surface area contributed by atoms with E-state index in [9.17, 15) is 13.6 Å². The van der Waals surface area contributed by atoms with Crippen molar-refractivity contribution in [3.63, 3.8) is 0 Å². The summed E-state index contributed by atoms with van der Waals surface area (Å²) in [5.41, 5.74) is 0.913. The van der Waals surface area contributed by atoms with E-state index >= 15 is 0 Å². The first kappa shape index (κ1) is 35.4. The fraction of sp³-hybridized carbons (Fsp3) is 0.500. The molecule has 48 heavy (non-hydrogen) atoms. The minimum atomic E-state index is -0.711. The van der Waals surface area contributed by atoms with Gasteiger partial charge in [-0.25, -0.2) is 23.7 Å². The highest BCUT2D eigenvalue weighted by Crippen LogP contribution is 2.46. The van der Waals surface area contributed by atoms with Gasteiger partial charge in [-0.05, 0) is 60.8 Å². The van der Waals surface area contributed by atoms with E-state index in [0.29, 0.717) is 56.8 Å². The molecule has 1 amide bonds. The third-order valence-corrected chi connectivity index (χ3v) is 9.66. The van der Waals surface area contributed by atoms with E-state index in [1.807, 2.05) is 12.1 Å². The van der Waals surface area contributed by atoms with Crippen LogP contribution in [-0.2, 0) is 11.2 Å². The molecule has 258 valence electrons. The summed E-state index contributed by atoms with van der Waals surface area (Å²) < 4.78 is 39.4. The standard InChI is InChI=1S/C36H46F2N6O3S/c1-35(2,3)32(36(4,5)6)28-10-8-13-44(28)14-9-15-47-30-19-26-24(18-29(30)46-7)33(41-21-40-26)43-34-39-20-23(48-34)17-31(45)42-27-16-22(37)11-12-25(27)38/h11-12,16,18-21,28,32H,8-10,13-15,17H2,1-7H3,(H,42,45)(H,39,40,41,43)/t28-/m1/s1. The molecular formula is C36H46F2N6O3S. The average molecular weight is 681 g/mol. The van der Waals surface area contributed by atoms with Crippen molar-refractivity contribution >= 4 is 44.8 Å². The second-order valence-corrected chi connectivity index (χ2v) is 15.6. The van der Waals surface area contributed by atoms with E-state index in [-0.39, 0.29) is 22.9 Å². The van der Waals surface area contributed by atoms with Crippen LogP contribution in [0.3, 0.4) is 0 Å². The molecule has 2 aromatic heterocycles. The number of amides is 1. The normalized spacial score (nSPS) is 15.7. The molecule has 4 aromatic rings. The van der Waals surface area contributed by atoms with Crippen molar-refractivity contribution in [1.29, 1.82) is 0 Å². The van der Waals surface area contributed by atoms with E-state index in [1.54, 1.807) is 13.3 Å². The minimum absolute atomic E-state index is 0.0550. The fourth-order valence-corrected chi connectivity index (χ4v) is 8.15. The molecule has 12 heteroatoms. The highest BCUT2D eigenvalue weighted by Gasteiger charge is 2.44. The van der Waals surface area contributed by atoms with Crippen LogP contribution in [0.25, 0.3) is 10.9 Å². The van der Waals surface area contributed by atoms with Crippen LogP contribution in [0, 0.1) is 28.4 Å². The summed E-state index contributed by atoms with van der Waals surface area (Å²) in [6.45, 7) is 16.9. The van der Waals surface area contributed by atoms with Gasteiger partial charge in [-0.3, -0.25) is 9.69 Å². The van der Waals surface area contributed by atoms with Crippen molar-refractivity contribution in [2.24, 2.45) is 16.7 Å². The Kier molecular flexibility index (Phi) is 10.8. The zero-order valence-corrected chi connectivity index (χ0v) is 29.6. The molecule has 1 aliphatic rings. The smallest absolute Gasteiger partial charge is 0.229 e. The van der Waals surface area contributed by atoms with Crippen LogP contribution in [0.5, 0.6) is 11.5 Å². The van der Waals surface area contributed by atoms with Crippen LogP contribution >= 0.6 is 11.3 Å². The molecule has 1 fully saturated rings. The number of carbonyl (C=O) groups is 1. The monoisotopic (exact) mass is 680 g/mol. The molecule has 1 atom stereocenters. The highest BCUT2D eigenvalue weighted by molar-refractivity contribution is 7.15. The molecule has 1 saturated heterocycles. The number of hydrogen-bond acceptors (Lipinski definition) is 9. The Morgan fingerprint density at radius 2 is 1.83 bits per heavy atom. The van der Waals surface area contributed by atoms with Crippen molar-refractivity contribution in [1.82, 2.24) is 19.9 Å². The number of benzene rings is 2. The Balaban J connectivity index is 1.21. The number of aromatic nitrogens is 3. The zero-order chi connectivity index (χ0) is 34.6. The van der Waals surface area contributed by atoms with Gasteiger partial charge in [-0.2, -0.15) is 0 Å². The number of nitrogens with zero attached hydrogens (tertiary/aromatic N) is 4. The molecule has 2 aromatic carbocycles. The van der Waals surface area contributed by atoms with Crippen molar-refractivity contribution in [2.45, 2.75) is 73.3 Å². The van der Waals surface area contributed by atoms with Crippen LogP contribution < -0.4 is 20.1 Å². The van der Waals surface area contributed by atoms with Gasteiger partial charge in [0.1, 0.15) is 23.8 Å². The number of methoxy groups -OCH3 is 1. The van der Waals surface area contributed by atoms with Gasteiger partial charge < -0.3 is 20.1 Å². The number of anilines is 3. The quantitative estimate of drug-likeness (QED) is 0.144. The lowest BCUT2D eigenvalue weighted by Gasteiger charge is -2.47. The number of nitrogens with one attached hydrogen (secondary N) is 2. The molecule has 0 bridgehead atoms. The Hall–Kier alpha value is -3.90. The van der Waals surface area contributed by atoms with Gasteiger partial charge >= 0.3 is 0 Å². The molecule has 0 saturated carbocycles. The van der Waals surface area contributed by atoms with Crippen molar-refractivity contribution in [2.75, 3.05) is 37.4 Å². The topological polar surface area (TPSA) is 102 Å². The van der Waals surface area contributed by atoms with Crippen LogP contribution in [0.2, 0.25) is 0 Å². The van der Waals surface area contributed by atoms with E-state index in [0.717, 1.165) is 37.7 Å². The SMILES string of the molecule is COc1cc2c(Nc3ncc(CC(=O)Nc4cc(F)ccc4F)s3)ncnc2cc1OCCCN1CCC[C@@H]1C(C(C)(C)C)C(C)(C)C. The number of halogens is 2. The molecule has 0 unspecified atom stereocenters. The van der Waals surface area contributed by atoms with Crippen molar-refractivity contribution in [3.8, 4) is 11.5 Å². The van der Waals surface area contributed by atoms with Crippen LogP contribution in [0.4, 0.5) is 25.4 Å². The third-order valence-electron chi connectivity index (χ3n) is 8.75. The maximum Gasteiger partial charge on any atom is 0.229 e. The van der Waals surface area contributed by atoms with Gasteiger partial charge in [0.05, 0.1) is 31.3 Å². The average Bonchev–Trinajstić information content (AvgIpc) is 3.64. The molecule has 2 N–H and O–H groups in total. The summed E-state index contributed by atoms with van der Waals surface area (Å²) >= 11 is 1.25. The van der Waals surface area contributed by atoms with Gasteiger partial charge in [0.15, 0.2) is 16.6 Å². The molecule has 5 rings (SSSR count). The third kappa shape index (κ3) is 8.57. The number of carbonyl (C=O) groups excluding carboxylic acids is 1. The largest absolute Gasteiger partial charge is 0.493 e. The summed E-state index contributed by atoms with van der Waals surface area (Å²) in [6, 6.07) is 7.17. The summed E-state index contributed by atoms with van der Waals surface area (Å²) in [5, 5.41) is 6.84. The van der Waals surface area contributed by atoms with Gasteiger partial charge in [0.25, 0.3) is 0 Å². The van der Waals surface area contributed by atoms with E-state index < -0.39 is 17.5 Å². The molecule has 9 nitrogen and oxygen atoms in total. The lowest BCUT2D eigenvalue weighted by atomic mass is 9.63. The summed E-state index contributed by atoms with van der Waals surface area (Å²) in [5.74, 6) is 0.457. The first-order valence-corrected chi connectivity index (χ1v) is 17.2. The Morgan fingerprint density at radius 1 is 1.06 bits per heavy atom. The number of fused-ring (bicyclic) bond motifs is 1. The maximum absolute atomic E-state index is 13.9. The Morgan fingerprint density at radius 3 is 2.56 bits per heavy atom. The van der Waals surface area contributed by atoms with Crippen LogP contribution in [-0.4, -0.2) is 58.6 Å². The molecular weight excluding hydrogens is 634 g/mol. The first-order chi connectivity index (χ1) is 22.7. The fourth-order valence-electron chi connectivity index (χ4n) is 7.34. The van der Waals surface area contributed by atoms with Crippen LogP contribution in [0.1, 0.15) is 65.7 Å². The van der Waals surface area contributed by atoms with Gasteiger partial charge in [-0.1, -0.05) is 41.5 Å². The lowest BCUT2D eigenvalue weighted by Crippen LogP contribution is -2.48. The highest BCUT2D eigenvalue weighted by atomic mass is 32.1. The summed E-state index contributed by atoms with van der Waals surface area (Å²) in [7, 11) is 1.60. The Bertz CT molecular complexity index is 1720. The van der Waals surface area contributed by atoms with E-state index in [2.05, 4.69) is 72.0 Å². The minimum Gasteiger partial charge on any atom is -0.493 e.